The van der Waals surface area contributed by atoms with E-state index in [0.717, 1.165) is 11.4 Å². The third-order valence-corrected chi connectivity index (χ3v) is 7.53. The average molecular weight is 559 g/mol. The van der Waals surface area contributed by atoms with Gasteiger partial charge in [-0.25, -0.2) is 0 Å². The highest BCUT2D eigenvalue weighted by Crippen LogP contribution is 2.38. The van der Waals surface area contributed by atoms with Crippen molar-refractivity contribution in [2.45, 2.75) is 37.4 Å². The van der Waals surface area contributed by atoms with Crippen LogP contribution in [0.2, 0.25) is 0 Å². The first-order valence-electron chi connectivity index (χ1n) is 13.1. The Labute approximate surface area is 236 Å². The van der Waals surface area contributed by atoms with Crippen LogP contribution < -0.4 is 24.3 Å². The minimum atomic E-state index is -0.500. The lowest BCUT2D eigenvalue weighted by molar-refractivity contribution is -0.113. The lowest BCUT2D eigenvalue weighted by Gasteiger charge is -2.26. The molecule has 0 bridgehead atoms. The molecule has 0 spiro atoms. The minimum Gasteiger partial charge on any atom is -0.486 e. The van der Waals surface area contributed by atoms with Crippen molar-refractivity contribution in [2.24, 2.45) is 0 Å². The van der Waals surface area contributed by atoms with Crippen LogP contribution >= 0.6 is 11.8 Å². The predicted molar refractivity (Wildman–Crippen MR) is 152 cm³/mol. The number of carbonyl (C=O) groups is 1. The summed E-state index contributed by atoms with van der Waals surface area (Å²) in [6.45, 7) is 7.73. The number of rotatable bonds is 6. The van der Waals surface area contributed by atoms with Gasteiger partial charge in [-0.3, -0.25) is 9.36 Å². The SMILES string of the molecule is CC(C)(C)c1ccc(NC(=O)CSc2nnc([C@@H]3COc4ccccc4O3)n2-c2ccc3c(c2)OCCO3)cc1. The average Bonchev–Trinajstić information content (AvgIpc) is 3.39. The standard InChI is InChI=1S/C30H30N4O5S/c1-30(2,3)19-8-10-20(11-9-19)31-27(35)18-40-29-33-32-28(26-17-38-22-6-4-5-7-24(22)39-26)34(29)21-12-13-23-25(16-21)37-15-14-36-23/h4-13,16,26H,14-15,17-18H2,1-3H3,(H,31,35)/t26-/m0/s1. The molecule has 9 nitrogen and oxygen atoms in total. The van der Waals surface area contributed by atoms with Crippen molar-refractivity contribution in [1.82, 2.24) is 14.8 Å². The topological polar surface area (TPSA) is 96.7 Å². The highest BCUT2D eigenvalue weighted by molar-refractivity contribution is 7.99. The number of benzene rings is 3. The molecule has 1 aromatic heterocycles. The van der Waals surface area contributed by atoms with E-state index in [-0.39, 0.29) is 23.7 Å². The van der Waals surface area contributed by atoms with Gasteiger partial charge in [0.25, 0.3) is 0 Å². The van der Waals surface area contributed by atoms with Gasteiger partial charge in [0, 0.05) is 11.8 Å². The number of ether oxygens (including phenoxy) is 4. The van der Waals surface area contributed by atoms with E-state index < -0.39 is 6.10 Å². The Hall–Kier alpha value is -4.18. The fourth-order valence-electron chi connectivity index (χ4n) is 4.52. The number of hydrogen-bond acceptors (Lipinski definition) is 8. The minimum absolute atomic E-state index is 0.0448. The van der Waals surface area contributed by atoms with Gasteiger partial charge in [-0.2, -0.15) is 0 Å². The van der Waals surface area contributed by atoms with Gasteiger partial charge in [0.1, 0.15) is 19.8 Å². The summed E-state index contributed by atoms with van der Waals surface area (Å²) in [7, 11) is 0. The second-order valence-electron chi connectivity index (χ2n) is 10.5. The zero-order valence-corrected chi connectivity index (χ0v) is 23.4. The zero-order chi connectivity index (χ0) is 27.7. The molecule has 3 aromatic carbocycles. The summed E-state index contributed by atoms with van der Waals surface area (Å²) in [5, 5.41) is 12.4. The highest BCUT2D eigenvalue weighted by atomic mass is 32.2. The number of carbonyl (C=O) groups excluding carboxylic acids is 1. The molecule has 0 aliphatic carbocycles. The van der Waals surface area contributed by atoms with Crippen LogP contribution in [-0.4, -0.2) is 46.2 Å². The van der Waals surface area contributed by atoms with E-state index in [2.05, 4.69) is 36.3 Å². The number of thioether (sulfide) groups is 1. The van der Waals surface area contributed by atoms with Gasteiger partial charge in [-0.1, -0.05) is 56.8 Å². The first-order valence-corrected chi connectivity index (χ1v) is 14.1. The van der Waals surface area contributed by atoms with Crippen molar-refractivity contribution in [3.05, 3.63) is 78.1 Å². The van der Waals surface area contributed by atoms with Crippen LogP contribution in [0, 0.1) is 0 Å². The van der Waals surface area contributed by atoms with Gasteiger partial charge in [-0.05, 0) is 47.4 Å². The number of amides is 1. The van der Waals surface area contributed by atoms with Gasteiger partial charge < -0.3 is 24.3 Å². The summed E-state index contributed by atoms with van der Waals surface area (Å²) in [4.78, 5) is 12.9. The van der Waals surface area contributed by atoms with Crippen LogP contribution in [0.4, 0.5) is 5.69 Å². The molecule has 0 saturated carbocycles. The van der Waals surface area contributed by atoms with Crippen LogP contribution in [0.1, 0.15) is 38.3 Å². The molecule has 40 heavy (non-hydrogen) atoms. The van der Waals surface area contributed by atoms with Crippen LogP contribution in [-0.2, 0) is 10.2 Å². The van der Waals surface area contributed by atoms with E-state index in [0.29, 0.717) is 47.2 Å². The zero-order valence-electron chi connectivity index (χ0n) is 22.5. The third kappa shape index (κ3) is 5.44. The summed E-state index contributed by atoms with van der Waals surface area (Å²) in [6, 6.07) is 21.1. The molecule has 4 aromatic rings. The molecule has 6 rings (SSSR count). The Balaban J connectivity index is 1.25. The van der Waals surface area contributed by atoms with Crippen molar-refractivity contribution in [3.63, 3.8) is 0 Å². The summed E-state index contributed by atoms with van der Waals surface area (Å²) < 4.78 is 25.6. The Morgan fingerprint density at radius 2 is 1.65 bits per heavy atom. The van der Waals surface area contributed by atoms with Crippen molar-refractivity contribution in [2.75, 3.05) is 30.9 Å². The number of fused-ring (bicyclic) bond motifs is 2. The number of aromatic nitrogens is 3. The van der Waals surface area contributed by atoms with E-state index in [1.807, 2.05) is 71.3 Å². The molecule has 0 saturated heterocycles. The van der Waals surface area contributed by atoms with Crippen LogP contribution in [0.3, 0.4) is 0 Å². The lowest BCUT2D eigenvalue weighted by atomic mass is 9.87. The highest BCUT2D eigenvalue weighted by Gasteiger charge is 2.30. The van der Waals surface area contributed by atoms with E-state index in [1.165, 1.54) is 17.3 Å². The van der Waals surface area contributed by atoms with Gasteiger partial charge in [0.2, 0.25) is 5.91 Å². The number of anilines is 1. The molecule has 1 N–H and O–H groups in total. The maximum absolute atomic E-state index is 12.9. The molecule has 1 amide bonds. The Kier molecular flexibility index (Phi) is 7.02. The second kappa shape index (κ2) is 10.8. The lowest BCUT2D eigenvalue weighted by Crippen LogP contribution is -2.25. The molecule has 3 heterocycles. The molecule has 10 heteroatoms. The first kappa shape index (κ1) is 26.1. The van der Waals surface area contributed by atoms with Crippen LogP contribution in [0.5, 0.6) is 23.0 Å². The van der Waals surface area contributed by atoms with Crippen molar-refractivity contribution >= 4 is 23.4 Å². The monoisotopic (exact) mass is 558 g/mol. The first-order chi connectivity index (χ1) is 19.3. The Morgan fingerprint density at radius 1 is 0.925 bits per heavy atom. The normalized spacial score (nSPS) is 15.9. The van der Waals surface area contributed by atoms with Crippen molar-refractivity contribution in [3.8, 4) is 28.7 Å². The van der Waals surface area contributed by atoms with Gasteiger partial charge in [-0.15, -0.1) is 10.2 Å². The summed E-state index contributed by atoms with van der Waals surface area (Å²) in [5.41, 5.74) is 2.77. The van der Waals surface area contributed by atoms with Crippen LogP contribution in [0.15, 0.2) is 71.9 Å². The van der Waals surface area contributed by atoms with E-state index in [9.17, 15) is 4.79 Å². The molecule has 0 fully saturated rings. The molecule has 0 unspecified atom stereocenters. The maximum Gasteiger partial charge on any atom is 0.234 e. The fourth-order valence-corrected chi connectivity index (χ4v) is 5.28. The fraction of sp³-hybridized carbons (Fsp3) is 0.300. The molecule has 1 atom stereocenters. The van der Waals surface area contributed by atoms with Gasteiger partial charge in [0.15, 0.2) is 40.1 Å². The summed E-state index contributed by atoms with van der Waals surface area (Å²) in [6.07, 6.45) is -0.500. The second-order valence-corrected chi connectivity index (χ2v) is 11.5. The number of nitrogens with one attached hydrogen (secondary N) is 1. The quantitative estimate of drug-likeness (QED) is 0.307. The largest absolute Gasteiger partial charge is 0.486 e. The number of hydrogen-bond donors (Lipinski definition) is 1. The van der Waals surface area contributed by atoms with Crippen molar-refractivity contribution in [1.29, 1.82) is 0 Å². The van der Waals surface area contributed by atoms with Crippen LogP contribution in [0.25, 0.3) is 5.69 Å². The number of para-hydroxylation sites is 2. The van der Waals surface area contributed by atoms with Gasteiger partial charge >= 0.3 is 0 Å². The number of nitrogens with zero attached hydrogens (tertiary/aromatic N) is 3. The molecule has 0 radical (unpaired) electrons. The van der Waals surface area contributed by atoms with Crippen molar-refractivity contribution < 1.29 is 23.7 Å². The van der Waals surface area contributed by atoms with E-state index in [4.69, 9.17) is 18.9 Å². The Bertz CT molecular complexity index is 1530. The molecular formula is C30H30N4O5S. The summed E-state index contributed by atoms with van der Waals surface area (Å²) in [5.74, 6) is 3.22. The van der Waals surface area contributed by atoms with E-state index >= 15 is 0 Å². The predicted octanol–water partition coefficient (Wildman–Crippen LogP) is 5.58. The molecule has 2 aliphatic rings. The third-order valence-electron chi connectivity index (χ3n) is 6.61. The Morgan fingerprint density at radius 3 is 2.42 bits per heavy atom. The molecule has 206 valence electrons. The molecule has 2 aliphatic heterocycles. The smallest absolute Gasteiger partial charge is 0.234 e. The van der Waals surface area contributed by atoms with Gasteiger partial charge in [0.05, 0.1) is 11.4 Å². The summed E-state index contributed by atoms with van der Waals surface area (Å²) >= 11 is 1.29. The van der Waals surface area contributed by atoms with E-state index in [1.54, 1.807) is 0 Å². The maximum atomic E-state index is 12.9. The molecular weight excluding hydrogens is 528 g/mol.